The SMILES string of the molecule is ICc1ccccc1Cc1ccccc1P(c1ccccc1)c1ccccc1. The molecule has 0 atom stereocenters. The third-order valence-corrected chi connectivity index (χ3v) is 8.27. The van der Waals surface area contributed by atoms with Crippen LogP contribution in [0, 0.1) is 0 Å². The standard InChI is InChI=1S/C26H22IP/c27-20-23-13-8-7-11-21(23)19-22-12-9-10-18-26(22)28(24-14-3-1-4-15-24)25-16-5-2-6-17-25/h1-18H,19-20H2. The van der Waals surface area contributed by atoms with E-state index in [2.05, 4.69) is 132 Å². The molecule has 0 heterocycles. The molecule has 0 spiro atoms. The molecule has 0 N–H and O–H groups in total. The van der Waals surface area contributed by atoms with Crippen LogP contribution in [0.5, 0.6) is 0 Å². The second kappa shape index (κ2) is 9.49. The summed E-state index contributed by atoms with van der Waals surface area (Å²) in [5.74, 6) is 0. The summed E-state index contributed by atoms with van der Waals surface area (Å²) in [6, 6.07) is 39.7. The molecule has 4 rings (SSSR count). The van der Waals surface area contributed by atoms with Crippen LogP contribution in [0.1, 0.15) is 16.7 Å². The van der Waals surface area contributed by atoms with Gasteiger partial charge in [-0.1, -0.05) is 132 Å². The molecule has 0 aliphatic heterocycles. The van der Waals surface area contributed by atoms with Crippen molar-refractivity contribution in [1.29, 1.82) is 0 Å². The summed E-state index contributed by atoms with van der Waals surface area (Å²) >= 11 is 2.47. The van der Waals surface area contributed by atoms with Crippen molar-refractivity contribution in [2.45, 2.75) is 10.8 Å². The zero-order chi connectivity index (χ0) is 19.2. The van der Waals surface area contributed by atoms with Crippen LogP contribution >= 0.6 is 30.5 Å². The molecule has 0 aliphatic carbocycles. The zero-order valence-electron chi connectivity index (χ0n) is 15.6. The molecule has 0 unspecified atom stereocenters. The van der Waals surface area contributed by atoms with E-state index < -0.39 is 7.92 Å². The molecule has 0 bridgehead atoms. The minimum absolute atomic E-state index is 0.579. The number of alkyl halides is 1. The van der Waals surface area contributed by atoms with E-state index in [0.717, 1.165) is 10.8 Å². The first-order valence-corrected chi connectivity index (χ1v) is 12.3. The molecular formula is C26H22IP. The largest absolute Gasteiger partial charge is 0.0812 e. The van der Waals surface area contributed by atoms with E-state index in [1.807, 2.05) is 0 Å². The smallest absolute Gasteiger partial charge is 0.0249 e. The first-order valence-electron chi connectivity index (χ1n) is 9.47. The van der Waals surface area contributed by atoms with Crippen molar-refractivity contribution < 1.29 is 0 Å². The minimum atomic E-state index is -0.579. The van der Waals surface area contributed by atoms with E-state index in [1.165, 1.54) is 32.6 Å². The molecule has 0 nitrogen and oxygen atoms in total. The highest BCUT2D eigenvalue weighted by Crippen LogP contribution is 2.34. The molecule has 4 aromatic carbocycles. The van der Waals surface area contributed by atoms with Crippen LogP contribution in [-0.4, -0.2) is 0 Å². The third kappa shape index (κ3) is 4.37. The third-order valence-electron chi connectivity index (χ3n) is 4.90. The highest BCUT2D eigenvalue weighted by Gasteiger charge is 2.19. The number of halogens is 1. The normalized spacial score (nSPS) is 10.9. The highest BCUT2D eigenvalue weighted by molar-refractivity contribution is 14.1. The Bertz CT molecular complexity index is 989. The Hall–Kier alpha value is -1.96. The van der Waals surface area contributed by atoms with Gasteiger partial charge in [-0.05, 0) is 46.9 Å². The molecule has 0 fully saturated rings. The molecule has 4 aromatic rings. The summed E-state index contributed by atoms with van der Waals surface area (Å²) in [6.45, 7) is 0. The number of benzene rings is 4. The Kier molecular flexibility index (Phi) is 6.57. The summed E-state index contributed by atoms with van der Waals surface area (Å²) in [5, 5.41) is 4.26. The van der Waals surface area contributed by atoms with Gasteiger partial charge in [0.2, 0.25) is 0 Å². The molecular weight excluding hydrogens is 470 g/mol. The van der Waals surface area contributed by atoms with Gasteiger partial charge in [0.05, 0.1) is 0 Å². The summed E-state index contributed by atoms with van der Waals surface area (Å²) in [6.07, 6.45) is 0.980. The summed E-state index contributed by atoms with van der Waals surface area (Å²) in [7, 11) is -0.579. The quantitative estimate of drug-likeness (QED) is 0.177. The van der Waals surface area contributed by atoms with E-state index in [0.29, 0.717) is 0 Å². The topological polar surface area (TPSA) is 0 Å². The molecule has 0 saturated heterocycles. The maximum atomic E-state index is 2.47. The predicted octanol–water partition coefficient (Wildman–Crippen LogP) is 5.97. The second-order valence-corrected chi connectivity index (χ2v) is 9.66. The Morgan fingerprint density at radius 1 is 0.500 bits per heavy atom. The van der Waals surface area contributed by atoms with Crippen molar-refractivity contribution in [3.63, 3.8) is 0 Å². The van der Waals surface area contributed by atoms with Gasteiger partial charge in [0.25, 0.3) is 0 Å². The van der Waals surface area contributed by atoms with Crippen LogP contribution in [0.15, 0.2) is 109 Å². The number of rotatable bonds is 6. The molecule has 0 aliphatic rings. The number of hydrogen-bond acceptors (Lipinski definition) is 0. The van der Waals surface area contributed by atoms with Crippen molar-refractivity contribution in [3.05, 3.63) is 126 Å². The maximum Gasteiger partial charge on any atom is 0.0249 e. The van der Waals surface area contributed by atoms with E-state index in [1.54, 1.807) is 0 Å². The summed E-state index contributed by atoms with van der Waals surface area (Å²) in [5.41, 5.74) is 4.29. The van der Waals surface area contributed by atoms with Gasteiger partial charge in [0.15, 0.2) is 0 Å². The second-order valence-electron chi connectivity index (χ2n) is 6.71. The summed E-state index contributed by atoms with van der Waals surface area (Å²) in [4.78, 5) is 0. The average molecular weight is 492 g/mol. The lowest BCUT2D eigenvalue weighted by molar-refractivity contribution is 1.16. The lowest BCUT2D eigenvalue weighted by Crippen LogP contribution is -2.23. The van der Waals surface area contributed by atoms with Crippen molar-refractivity contribution in [3.8, 4) is 0 Å². The lowest BCUT2D eigenvalue weighted by Gasteiger charge is -2.22. The summed E-state index contributed by atoms with van der Waals surface area (Å²) < 4.78 is 1.04. The molecule has 28 heavy (non-hydrogen) atoms. The van der Waals surface area contributed by atoms with E-state index >= 15 is 0 Å². The fraction of sp³-hybridized carbons (Fsp3) is 0.0769. The number of hydrogen-bond donors (Lipinski definition) is 0. The predicted molar refractivity (Wildman–Crippen MR) is 132 cm³/mol. The minimum Gasteiger partial charge on any atom is -0.0812 e. The van der Waals surface area contributed by atoms with Gasteiger partial charge in [-0.3, -0.25) is 0 Å². The Morgan fingerprint density at radius 3 is 1.54 bits per heavy atom. The highest BCUT2D eigenvalue weighted by atomic mass is 127. The lowest BCUT2D eigenvalue weighted by atomic mass is 10.0. The van der Waals surface area contributed by atoms with Crippen molar-refractivity contribution in [1.82, 2.24) is 0 Å². The fourth-order valence-corrected chi connectivity index (χ4v) is 6.74. The van der Waals surface area contributed by atoms with Crippen LogP contribution in [0.4, 0.5) is 0 Å². The van der Waals surface area contributed by atoms with Gasteiger partial charge >= 0.3 is 0 Å². The van der Waals surface area contributed by atoms with Crippen LogP contribution in [-0.2, 0) is 10.8 Å². The monoisotopic (exact) mass is 492 g/mol. The molecule has 138 valence electrons. The molecule has 2 heteroatoms. The van der Waals surface area contributed by atoms with E-state index in [-0.39, 0.29) is 0 Å². The molecule has 0 saturated carbocycles. The molecule has 0 radical (unpaired) electrons. The Balaban J connectivity index is 1.82. The van der Waals surface area contributed by atoms with Crippen LogP contribution < -0.4 is 15.9 Å². The van der Waals surface area contributed by atoms with Crippen molar-refractivity contribution in [2.24, 2.45) is 0 Å². The first kappa shape index (κ1) is 19.4. The van der Waals surface area contributed by atoms with Gasteiger partial charge in [-0.15, -0.1) is 0 Å². The van der Waals surface area contributed by atoms with E-state index in [4.69, 9.17) is 0 Å². The average Bonchev–Trinajstić information content (AvgIpc) is 2.77. The van der Waals surface area contributed by atoms with Crippen LogP contribution in [0.25, 0.3) is 0 Å². The van der Waals surface area contributed by atoms with Gasteiger partial charge in [0, 0.05) is 4.43 Å². The van der Waals surface area contributed by atoms with Crippen molar-refractivity contribution >= 4 is 46.4 Å². The van der Waals surface area contributed by atoms with Crippen LogP contribution in [0.2, 0.25) is 0 Å². The van der Waals surface area contributed by atoms with Gasteiger partial charge in [-0.2, -0.15) is 0 Å². The van der Waals surface area contributed by atoms with Crippen LogP contribution in [0.3, 0.4) is 0 Å². The van der Waals surface area contributed by atoms with Gasteiger partial charge in [0.1, 0.15) is 0 Å². The van der Waals surface area contributed by atoms with Crippen molar-refractivity contribution in [2.75, 3.05) is 0 Å². The Labute approximate surface area is 182 Å². The van der Waals surface area contributed by atoms with Gasteiger partial charge in [-0.25, -0.2) is 0 Å². The molecule has 0 amide bonds. The molecule has 0 aromatic heterocycles. The zero-order valence-corrected chi connectivity index (χ0v) is 18.7. The fourth-order valence-electron chi connectivity index (χ4n) is 3.53. The first-order chi connectivity index (χ1) is 13.9. The Morgan fingerprint density at radius 2 is 0.964 bits per heavy atom. The van der Waals surface area contributed by atoms with Gasteiger partial charge < -0.3 is 0 Å². The van der Waals surface area contributed by atoms with E-state index in [9.17, 15) is 0 Å². The maximum absolute atomic E-state index is 2.47.